The van der Waals surface area contributed by atoms with Crippen LogP contribution in [-0.4, -0.2) is 43.4 Å². The molecule has 1 aromatic rings. The molecule has 1 fully saturated rings. The first-order chi connectivity index (χ1) is 12.1. The first kappa shape index (κ1) is 20.5. The van der Waals surface area contributed by atoms with Gasteiger partial charge in [0.1, 0.15) is 11.5 Å². The molecule has 1 aliphatic rings. The Kier molecular flexibility index (Phi) is 6.19. The fraction of sp³-hybridized carbons (Fsp3) is 0.650. The number of hydrogen-bond donors (Lipinski definition) is 0. The monoisotopic (exact) mass is 365 g/mol. The molecule has 0 N–H and O–H groups in total. The molecule has 0 aromatic heterocycles. The van der Waals surface area contributed by atoms with E-state index >= 15 is 0 Å². The fourth-order valence-electron chi connectivity index (χ4n) is 3.69. The summed E-state index contributed by atoms with van der Waals surface area (Å²) in [6.45, 7) is 8.53. The Bertz CT molecular complexity index is 603. The van der Waals surface area contributed by atoms with Crippen LogP contribution < -0.4 is 9.47 Å². The molecule has 0 amide bonds. The highest BCUT2D eigenvalue weighted by molar-refractivity contribution is 5.76. The standard InChI is InChI=1S/C20H31NO5/c1-19(2)9-8-10-20(3,4)21(19)26-17(18(22)25-7)14-11-15(23-5)13-16(12-14)24-6/h11-13,17H,8-10H2,1-7H3. The van der Waals surface area contributed by atoms with Gasteiger partial charge in [-0.05, 0) is 59.1 Å². The first-order valence-corrected chi connectivity index (χ1v) is 8.92. The summed E-state index contributed by atoms with van der Waals surface area (Å²) in [4.78, 5) is 18.9. The Labute approximate surface area is 156 Å². The Morgan fingerprint density at radius 1 is 0.962 bits per heavy atom. The van der Waals surface area contributed by atoms with Crippen LogP contribution in [0.2, 0.25) is 0 Å². The number of carbonyl (C=O) groups excluding carboxylic acids is 1. The van der Waals surface area contributed by atoms with Crippen LogP contribution in [0.15, 0.2) is 18.2 Å². The molecule has 0 saturated carbocycles. The van der Waals surface area contributed by atoms with Crippen molar-refractivity contribution in [2.75, 3.05) is 21.3 Å². The van der Waals surface area contributed by atoms with Gasteiger partial charge in [-0.2, -0.15) is 5.06 Å². The molecule has 1 aromatic carbocycles. The molecular weight excluding hydrogens is 334 g/mol. The molecular formula is C20H31NO5. The van der Waals surface area contributed by atoms with Crippen molar-refractivity contribution in [2.45, 2.75) is 64.1 Å². The van der Waals surface area contributed by atoms with Gasteiger partial charge in [-0.25, -0.2) is 4.79 Å². The van der Waals surface area contributed by atoms with Crippen LogP contribution in [0, 0.1) is 0 Å². The molecule has 0 spiro atoms. The van der Waals surface area contributed by atoms with Gasteiger partial charge in [0.15, 0.2) is 0 Å². The number of hydrogen-bond acceptors (Lipinski definition) is 6. The van der Waals surface area contributed by atoms with Gasteiger partial charge in [0.25, 0.3) is 0 Å². The number of carbonyl (C=O) groups is 1. The van der Waals surface area contributed by atoms with E-state index in [-0.39, 0.29) is 11.1 Å². The predicted octanol–water partition coefficient (Wildman–Crippen LogP) is 3.89. The number of benzene rings is 1. The van der Waals surface area contributed by atoms with Crippen molar-refractivity contribution < 1.29 is 23.8 Å². The highest BCUT2D eigenvalue weighted by atomic mass is 16.7. The summed E-state index contributed by atoms with van der Waals surface area (Å²) >= 11 is 0. The average molecular weight is 365 g/mol. The van der Waals surface area contributed by atoms with Crippen LogP contribution in [0.3, 0.4) is 0 Å². The van der Waals surface area contributed by atoms with Crippen LogP contribution in [0.5, 0.6) is 11.5 Å². The topological polar surface area (TPSA) is 57.2 Å². The van der Waals surface area contributed by atoms with E-state index in [1.54, 1.807) is 32.4 Å². The SMILES string of the molecule is COC(=O)C(ON1C(C)(C)CCCC1(C)C)c1cc(OC)cc(OC)c1. The summed E-state index contributed by atoms with van der Waals surface area (Å²) in [5.41, 5.74) is 0.235. The van der Waals surface area contributed by atoms with Gasteiger partial charge >= 0.3 is 5.97 Å². The van der Waals surface area contributed by atoms with Gasteiger partial charge in [0.2, 0.25) is 6.10 Å². The Morgan fingerprint density at radius 2 is 1.46 bits per heavy atom. The molecule has 1 heterocycles. The maximum absolute atomic E-state index is 12.6. The Hall–Kier alpha value is -1.79. The lowest BCUT2D eigenvalue weighted by molar-refractivity contribution is -0.304. The zero-order valence-corrected chi connectivity index (χ0v) is 16.9. The van der Waals surface area contributed by atoms with Crippen LogP contribution >= 0.6 is 0 Å². The number of methoxy groups -OCH3 is 3. The molecule has 0 radical (unpaired) electrons. The smallest absolute Gasteiger partial charge is 0.341 e. The summed E-state index contributed by atoms with van der Waals surface area (Å²) in [6.07, 6.45) is 2.20. The maximum Gasteiger partial charge on any atom is 0.341 e. The average Bonchev–Trinajstić information content (AvgIpc) is 2.59. The van der Waals surface area contributed by atoms with E-state index in [1.807, 2.05) is 5.06 Å². The van der Waals surface area contributed by atoms with Crippen molar-refractivity contribution >= 4 is 5.97 Å². The molecule has 0 aliphatic carbocycles. The van der Waals surface area contributed by atoms with Gasteiger partial charge in [0.05, 0.1) is 21.3 Å². The highest BCUT2D eigenvalue weighted by Gasteiger charge is 2.45. The molecule has 1 unspecified atom stereocenters. The van der Waals surface area contributed by atoms with Gasteiger partial charge in [0, 0.05) is 22.7 Å². The van der Waals surface area contributed by atoms with Crippen LogP contribution in [0.25, 0.3) is 0 Å². The largest absolute Gasteiger partial charge is 0.497 e. The lowest BCUT2D eigenvalue weighted by Gasteiger charge is -2.52. The van der Waals surface area contributed by atoms with E-state index in [0.717, 1.165) is 19.3 Å². The fourth-order valence-corrected chi connectivity index (χ4v) is 3.69. The van der Waals surface area contributed by atoms with Gasteiger partial charge < -0.3 is 14.2 Å². The zero-order valence-electron chi connectivity index (χ0n) is 16.9. The number of nitrogens with zero attached hydrogens (tertiary/aromatic N) is 1. The molecule has 1 atom stereocenters. The normalized spacial score (nSPS) is 20.3. The quantitative estimate of drug-likeness (QED) is 0.713. The highest BCUT2D eigenvalue weighted by Crippen LogP contribution is 2.41. The minimum atomic E-state index is -0.902. The summed E-state index contributed by atoms with van der Waals surface area (Å²) in [6, 6.07) is 5.30. The van der Waals surface area contributed by atoms with Crippen LogP contribution in [-0.2, 0) is 14.4 Å². The second-order valence-electron chi connectivity index (χ2n) is 7.93. The first-order valence-electron chi connectivity index (χ1n) is 8.92. The van der Waals surface area contributed by atoms with Crippen molar-refractivity contribution in [2.24, 2.45) is 0 Å². The summed E-state index contributed by atoms with van der Waals surface area (Å²) in [5, 5.41) is 1.96. The lowest BCUT2D eigenvalue weighted by Crippen LogP contribution is -2.58. The second-order valence-corrected chi connectivity index (χ2v) is 7.93. The minimum Gasteiger partial charge on any atom is -0.497 e. The van der Waals surface area contributed by atoms with Crippen molar-refractivity contribution in [3.63, 3.8) is 0 Å². The van der Waals surface area contributed by atoms with Gasteiger partial charge in [-0.15, -0.1) is 0 Å². The molecule has 1 aliphatic heterocycles. The van der Waals surface area contributed by atoms with Crippen molar-refractivity contribution in [1.29, 1.82) is 0 Å². The lowest BCUT2D eigenvalue weighted by atomic mass is 9.82. The third kappa shape index (κ3) is 4.30. The third-order valence-electron chi connectivity index (χ3n) is 4.98. The summed E-state index contributed by atoms with van der Waals surface area (Å²) < 4.78 is 15.7. The van der Waals surface area contributed by atoms with Crippen LogP contribution in [0.1, 0.15) is 58.6 Å². The van der Waals surface area contributed by atoms with E-state index in [0.29, 0.717) is 17.1 Å². The molecule has 26 heavy (non-hydrogen) atoms. The molecule has 2 rings (SSSR count). The van der Waals surface area contributed by atoms with Gasteiger partial charge in [-0.3, -0.25) is 4.84 Å². The van der Waals surface area contributed by atoms with E-state index < -0.39 is 12.1 Å². The van der Waals surface area contributed by atoms with Crippen molar-refractivity contribution in [1.82, 2.24) is 5.06 Å². The van der Waals surface area contributed by atoms with Crippen molar-refractivity contribution in [3.05, 3.63) is 23.8 Å². The number of hydroxylamine groups is 2. The molecule has 146 valence electrons. The second kappa shape index (κ2) is 7.84. The van der Waals surface area contributed by atoms with E-state index in [2.05, 4.69) is 27.7 Å². The maximum atomic E-state index is 12.6. The number of ether oxygens (including phenoxy) is 3. The third-order valence-corrected chi connectivity index (χ3v) is 4.98. The number of rotatable bonds is 6. The number of piperidine rings is 1. The summed E-state index contributed by atoms with van der Waals surface area (Å²) in [7, 11) is 4.51. The predicted molar refractivity (Wildman–Crippen MR) is 99.2 cm³/mol. The van der Waals surface area contributed by atoms with Crippen molar-refractivity contribution in [3.8, 4) is 11.5 Å². The molecule has 1 saturated heterocycles. The summed E-state index contributed by atoms with van der Waals surface area (Å²) in [5.74, 6) is 0.723. The number of esters is 1. The molecule has 0 bridgehead atoms. The van der Waals surface area contributed by atoms with E-state index in [1.165, 1.54) is 7.11 Å². The molecule has 6 heteroatoms. The molecule has 6 nitrogen and oxygen atoms in total. The van der Waals surface area contributed by atoms with Crippen LogP contribution in [0.4, 0.5) is 0 Å². The Morgan fingerprint density at radius 3 is 1.88 bits per heavy atom. The van der Waals surface area contributed by atoms with E-state index in [4.69, 9.17) is 19.0 Å². The van der Waals surface area contributed by atoms with E-state index in [9.17, 15) is 4.79 Å². The Balaban J connectivity index is 2.44. The van der Waals surface area contributed by atoms with Gasteiger partial charge in [-0.1, -0.05) is 0 Å². The zero-order chi connectivity index (χ0) is 19.5. The minimum absolute atomic E-state index is 0.197.